The summed E-state index contributed by atoms with van der Waals surface area (Å²) in [6.07, 6.45) is 1.48. The fraction of sp³-hybridized carbons (Fsp3) is 0.444. The smallest absolute Gasteiger partial charge is 0.321 e. The van der Waals surface area contributed by atoms with E-state index >= 15 is 0 Å². The van der Waals surface area contributed by atoms with Gasteiger partial charge in [0.25, 0.3) is 5.97 Å². The Labute approximate surface area is 140 Å². The second kappa shape index (κ2) is 7.49. The van der Waals surface area contributed by atoms with Crippen molar-refractivity contribution in [3.8, 4) is 0 Å². The number of nitrogens with one attached hydrogen (secondary N) is 2. The van der Waals surface area contributed by atoms with Crippen LogP contribution < -0.4 is 5.32 Å². The summed E-state index contributed by atoms with van der Waals surface area (Å²) in [5.41, 5.74) is 3.42. The lowest BCUT2D eigenvalue weighted by atomic mass is 9.90. The standard InChI is InChI=1S/C16H20N2O2.C2H4O2/c1-9(2)7-13-15-11(8-14(17-13)16(19)20)10-5-3-4-6-12(10)18-15;1-2(3)4/h3-6,9,13-14,17-18H,7-8H2,1-2H3,(H,19,20);1H3,(H,3,4). The van der Waals surface area contributed by atoms with E-state index in [9.17, 15) is 9.90 Å². The lowest BCUT2D eigenvalue weighted by Crippen LogP contribution is -2.44. The van der Waals surface area contributed by atoms with E-state index in [2.05, 4.69) is 36.3 Å². The van der Waals surface area contributed by atoms with E-state index in [-0.39, 0.29) is 6.04 Å². The van der Waals surface area contributed by atoms with Gasteiger partial charge in [0.2, 0.25) is 0 Å². The molecular weight excluding hydrogens is 308 g/mol. The molecule has 1 aliphatic rings. The van der Waals surface area contributed by atoms with E-state index < -0.39 is 18.0 Å². The molecule has 2 atom stereocenters. The van der Waals surface area contributed by atoms with Crippen LogP contribution in [0.5, 0.6) is 0 Å². The van der Waals surface area contributed by atoms with E-state index in [1.165, 1.54) is 0 Å². The van der Waals surface area contributed by atoms with Crippen molar-refractivity contribution in [2.75, 3.05) is 0 Å². The van der Waals surface area contributed by atoms with Crippen LogP contribution in [0, 0.1) is 5.92 Å². The van der Waals surface area contributed by atoms with Crippen molar-refractivity contribution in [2.24, 2.45) is 5.92 Å². The lowest BCUT2D eigenvalue weighted by molar-refractivity contribution is -0.140. The summed E-state index contributed by atoms with van der Waals surface area (Å²) in [6, 6.07) is 7.73. The van der Waals surface area contributed by atoms with Crippen molar-refractivity contribution < 1.29 is 19.8 Å². The normalized spacial score (nSPS) is 19.5. The SMILES string of the molecule is CC(=O)O.CC(C)CC1NC(C(=O)O)Cc2c1[nH]c1ccccc21. The summed E-state index contributed by atoms with van der Waals surface area (Å²) >= 11 is 0. The van der Waals surface area contributed by atoms with Gasteiger partial charge in [0.15, 0.2) is 0 Å². The Balaban J connectivity index is 0.000000471. The van der Waals surface area contributed by atoms with Gasteiger partial charge in [-0.1, -0.05) is 32.0 Å². The molecule has 24 heavy (non-hydrogen) atoms. The maximum Gasteiger partial charge on any atom is 0.321 e. The number of carboxylic acids is 2. The summed E-state index contributed by atoms with van der Waals surface area (Å²) in [7, 11) is 0. The van der Waals surface area contributed by atoms with Crippen LogP contribution in [0.3, 0.4) is 0 Å². The second-order valence-electron chi connectivity index (χ2n) is 6.53. The van der Waals surface area contributed by atoms with Gasteiger partial charge < -0.3 is 15.2 Å². The molecule has 0 spiro atoms. The van der Waals surface area contributed by atoms with Gasteiger partial charge in [0, 0.05) is 36.0 Å². The summed E-state index contributed by atoms with van der Waals surface area (Å²) < 4.78 is 0. The Hall–Kier alpha value is -2.34. The number of rotatable bonds is 3. The monoisotopic (exact) mass is 332 g/mol. The molecule has 1 aliphatic heterocycles. The Morgan fingerprint density at radius 3 is 2.46 bits per heavy atom. The van der Waals surface area contributed by atoms with E-state index in [0.717, 1.165) is 35.5 Å². The highest BCUT2D eigenvalue weighted by Crippen LogP contribution is 2.34. The predicted octanol–water partition coefficient (Wildman–Crippen LogP) is 2.94. The molecule has 2 unspecified atom stereocenters. The minimum atomic E-state index is -0.833. The zero-order chi connectivity index (χ0) is 17.9. The molecule has 2 aromatic rings. The number of benzene rings is 1. The highest BCUT2D eigenvalue weighted by atomic mass is 16.4. The minimum absolute atomic E-state index is 0.0900. The number of aromatic amines is 1. The Morgan fingerprint density at radius 1 is 1.25 bits per heavy atom. The predicted molar refractivity (Wildman–Crippen MR) is 92.1 cm³/mol. The third-order valence-corrected chi connectivity index (χ3v) is 4.01. The van der Waals surface area contributed by atoms with Crippen LogP contribution in [0.4, 0.5) is 0 Å². The number of carboxylic acid groups (broad SMARTS) is 2. The van der Waals surface area contributed by atoms with Crippen LogP contribution in [0.15, 0.2) is 24.3 Å². The third-order valence-electron chi connectivity index (χ3n) is 4.01. The van der Waals surface area contributed by atoms with Crippen LogP contribution in [0.2, 0.25) is 0 Å². The molecule has 3 rings (SSSR count). The molecule has 4 N–H and O–H groups in total. The number of para-hydroxylation sites is 1. The van der Waals surface area contributed by atoms with Gasteiger partial charge in [-0.3, -0.25) is 14.9 Å². The maximum absolute atomic E-state index is 11.4. The quantitative estimate of drug-likeness (QED) is 0.692. The molecule has 0 fully saturated rings. The molecule has 0 radical (unpaired) electrons. The number of hydrogen-bond donors (Lipinski definition) is 4. The van der Waals surface area contributed by atoms with Gasteiger partial charge in [0.05, 0.1) is 0 Å². The summed E-state index contributed by atoms with van der Waals surface area (Å²) in [5, 5.41) is 21.2. The van der Waals surface area contributed by atoms with Crippen LogP contribution in [-0.4, -0.2) is 33.2 Å². The average molecular weight is 332 g/mol. The summed E-state index contributed by atoms with van der Waals surface area (Å²) in [4.78, 5) is 23.9. The molecule has 130 valence electrons. The van der Waals surface area contributed by atoms with Crippen molar-refractivity contribution in [1.29, 1.82) is 0 Å². The number of H-pyrrole nitrogens is 1. The molecule has 2 heterocycles. The Bertz CT molecular complexity index is 732. The van der Waals surface area contributed by atoms with Crippen LogP contribution in [0.25, 0.3) is 10.9 Å². The van der Waals surface area contributed by atoms with Gasteiger partial charge in [-0.05, 0) is 24.0 Å². The van der Waals surface area contributed by atoms with Gasteiger partial charge >= 0.3 is 5.97 Å². The molecular formula is C18H24N2O4. The van der Waals surface area contributed by atoms with Crippen molar-refractivity contribution in [2.45, 2.75) is 45.7 Å². The van der Waals surface area contributed by atoms with Crippen molar-refractivity contribution in [3.05, 3.63) is 35.5 Å². The number of carbonyl (C=O) groups is 2. The number of aromatic nitrogens is 1. The van der Waals surface area contributed by atoms with E-state index in [1.807, 2.05) is 12.1 Å². The molecule has 6 heteroatoms. The van der Waals surface area contributed by atoms with Crippen molar-refractivity contribution in [1.82, 2.24) is 10.3 Å². The topological polar surface area (TPSA) is 102 Å². The molecule has 1 aromatic heterocycles. The molecule has 0 saturated heterocycles. The molecule has 1 aromatic carbocycles. The van der Waals surface area contributed by atoms with Gasteiger partial charge in [0.1, 0.15) is 6.04 Å². The van der Waals surface area contributed by atoms with E-state index in [4.69, 9.17) is 9.90 Å². The fourth-order valence-corrected chi connectivity index (χ4v) is 3.14. The largest absolute Gasteiger partial charge is 0.481 e. The summed E-state index contributed by atoms with van der Waals surface area (Å²) in [5.74, 6) is -1.09. The Kier molecular flexibility index (Phi) is 5.62. The van der Waals surface area contributed by atoms with Gasteiger partial charge in [-0.25, -0.2) is 0 Å². The first kappa shape index (κ1) is 18.0. The van der Waals surface area contributed by atoms with E-state index in [0.29, 0.717) is 12.3 Å². The first-order valence-corrected chi connectivity index (χ1v) is 8.07. The average Bonchev–Trinajstić information content (AvgIpc) is 2.85. The third kappa shape index (κ3) is 4.14. The van der Waals surface area contributed by atoms with Crippen LogP contribution in [0.1, 0.15) is 44.5 Å². The fourth-order valence-electron chi connectivity index (χ4n) is 3.14. The van der Waals surface area contributed by atoms with Crippen LogP contribution >= 0.6 is 0 Å². The number of hydrogen-bond acceptors (Lipinski definition) is 3. The van der Waals surface area contributed by atoms with Gasteiger partial charge in [-0.2, -0.15) is 0 Å². The molecule has 0 bridgehead atoms. The Morgan fingerprint density at radius 2 is 1.88 bits per heavy atom. The van der Waals surface area contributed by atoms with Crippen LogP contribution in [-0.2, 0) is 16.0 Å². The highest BCUT2D eigenvalue weighted by molar-refractivity contribution is 5.86. The molecule has 0 saturated carbocycles. The minimum Gasteiger partial charge on any atom is -0.481 e. The number of fused-ring (bicyclic) bond motifs is 3. The van der Waals surface area contributed by atoms with Crippen molar-refractivity contribution in [3.63, 3.8) is 0 Å². The van der Waals surface area contributed by atoms with Crippen molar-refractivity contribution >= 4 is 22.8 Å². The molecule has 0 amide bonds. The zero-order valence-corrected chi connectivity index (χ0v) is 14.2. The number of aliphatic carboxylic acids is 2. The highest BCUT2D eigenvalue weighted by Gasteiger charge is 2.32. The first-order valence-electron chi connectivity index (χ1n) is 8.07. The van der Waals surface area contributed by atoms with E-state index in [1.54, 1.807) is 0 Å². The summed E-state index contributed by atoms with van der Waals surface area (Å²) in [6.45, 7) is 5.41. The lowest BCUT2D eigenvalue weighted by Gasteiger charge is -2.30. The first-order chi connectivity index (χ1) is 11.3. The molecule has 6 nitrogen and oxygen atoms in total. The zero-order valence-electron chi connectivity index (χ0n) is 14.2. The molecule has 0 aliphatic carbocycles. The maximum atomic E-state index is 11.4. The van der Waals surface area contributed by atoms with Gasteiger partial charge in [-0.15, -0.1) is 0 Å². The second-order valence-corrected chi connectivity index (χ2v) is 6.53.